The molecule has 0 saturated carbocycles. The second-order valence-corrected chi connectivity index (χ2v) is 12.0. The van der Waals surface area contributed by atoms with Crippen LogP contribution in [-0.2, 0) is 23.4 Å². The van der Waals surface area contributed by atoms with Crippen LogP contribution in [0.15, 0.2) is 42.9 Å². The monoisotopic (exact) mass is 593 g/mol. The number of aromatic nitrogens is 4. The highest BCUT2D eigenvalue weighted by Crippen LogP contribution is 2.48. The zero-order valence-corrected chi connectivity index (χ0v) is 24.7. The number of alkyl halides is 1. The van der Waals surface area contributed by atoms with Crippen molar-refractivity contribution in [1.29, 1.82) is 0 Å². The molecule has 6 atom stereocenters. The van der Waals surface area contributed by atoms with Crippen LogP contribution >= 0.6 is 7.75 Å². The Bertz CT molecular complexity index is 1370. The molecule has 4 rings (SSSR count). The number of aliphatic hydroxyl groups is 1. The van der Waals surface area contributed by atoms with Crippen LogP contribution in [0.25, 0.3) is 5.65 Å². The first-order valence-electron chi connectivity index (χ1n) is 13.6. The van der Waals surface area contributed by atoms with E-state index >= 15 is 4.39 Å². The molecule has 12 nitrogen and oxygen atoms in total. The molecule has 1 aliphatic rings. The van der Waals surface area contributed by atoms with Crippen molar-refractivity contribution in [2.24, 2.45) is 5.92 Å². The van der Waals surface area contributed by atoms with Crippen LogP contribution in [0.1, 0.15) is 58.0 Å². The fourth-order valence-electron chi connectivity index (χ4n) is 4.54. The quantitative estimate of drug-likeness (QED) is 0.218. The van der Waals surface area contributed by atoms with Gasteiger partial charge in [-0.05, 0) is 38.8 Å². The van der Waals surface area contributed by atoms with Gasteiger partial charge in [0.05, 0.1) is 30.8 Å². The summed E-state index contributed by atoms with van der Waals surface area (Å²) in [5, 5.41) is 17.6. The van der Waals surface area contributed by atoms with Crippen LogP contribution in [0, 0.1) is 12.8 Å². The van der Waals surface area contributed by atoms with Crippen LogP contribution in [0.2, 0.25) is 0 Å². The van der Waals surface area contributed by atoms with Gasteiger partial charge in [-0.1, -0.05) is 44.9 Å². The summed E-state index contributed by atoms with van der Waals surface area (Å²) in [5.41, 5.74) is -0.992. The summed E-state index contributed by atoms with van der Waals surface area (Å²) in [6.07, 6.45) is 0.263. The van der Waals surface area contributed by atoms with Crippen LogP contribution in [0.3, 0.4) is 0 Å². The Morgan fingerprint density at radius 2 is 1.98 bits per heavy atom. The van der Waals surface area contributed by atoms with E-state index < -0.39 is 50.3 Å². The zero-order chi connectivity index (χ0) is 29.8. The maximum atomic E-state index is 15.9. The molecule has 0 bridgehead atoms. The van der Waals surface area contributed by atoms with E-state index in [9.17, 15) is 14.5 Å². The molecule has 1 unspecified atom stereocenters. The number of carbonyl (C=O) groups is 1. The smallest absolute Gasteiger partial charge is 0.459 e. The summed E-state index contributed by atoms with van der Waals surface area (Å²) in [4.78, 5) is 21.0. The van der Waals surface area contributed by atoms with E-state index in [4.69, 9.17) is 18.5 Å². The minimum atomic E-state index is -4.26. The third-order valence-corrected chi connectivity index (χ3v) is 8.87. The average Bonchev–Trinajstić information content (AvgIpc) is 3.47. The standard InChI is InChI=1S/C27H37FN5O7P/c1-6-19(7-2)14-37-26(35)18(4)32-41(36,40-20-11-9-8-10-12-20)38-15-22-23(34)27(5,28)24(39-22)21-13-29-25-17(3)30-16-31-33(21)25/h8-13,16,18-19,22-24,34H,6-7,14-15H2,1-5H3,(H,32,36)/t18-,22+,23+,24-,27+,41?/m0/s1. The minimum Gasteiger partial charge on any atom is -0.464 e. The topological polar surface area (TPSA) is 146 Å². The fourth-order valence-corrected chi connectivity index (χ4v) is 6.04. The number of aliphatic hydroxyl groups excluding tert-OH is 1. The van der Waals surface area contributed by atoms with Crippen LogP contribution in [0.5, 0.6) is 5.75 Å². The first-order valence-corrected chi connectivity index (χ1v) is 15.1. The molecule has 3 aromatic rings. The fraction of sp³-hybridized carbons (Fsp3) is 0.556. The van der Waals surface area contributed by atoms with Crippen molar-refractivity contribution in [1.82, 2.24) is 24.7 Å². The normalized spacial score (nSPS) is 24.8. The number of carbonyl (C=O) groups excluding carboxylic acids is 1. The number of hydrogen-bond acceptors (Lipinski definition) is 10. The number of benzene rings is 1. The molecule has 0 aliphatic carbocycles. The van der Waals surface area contributed by atoms with E-state index in [0.29, 0.717) is 11.3 Å². The molecule has 1 fully saturated rings. The molecule has 2 N–H and O–H groups in total. The Kier molecular flexibility index (Phi) is 9.76. The molecule has 2 aromatic heterocycles. The van der Waals surface area contributed by atoms with Gasteiger partial charge >= 0.3 is 13.7 Å². The second-order valence-electron chi connectivity index (χ2n) is 10.3. The van der Waals surface area contributed by atoms with E-state index in [1.54, 1.807) is 37.3 Å². The third-order valence-electron chi connectivity index (χ3n) is 7.23. The van der Waals surface area contributed by atoms with Crippen LogP contribution in [0.4, 0.5) is 4.39 Å². The molecule has 0 amide bonds. The molecule has 1 aliphatic heterocycles. The van der Waals surface area contributed by atoms with E-state index in [0.717, 1.165) is 12.8 Å². The van der Waals surface area contributed by atoms with Crippen molar-refractivity contribution >= 4 is 19.4 Å². The number of ether oxygens (including phenoxy) is 2. The lowest BCUT2D eigenvalue weighted by atomic mass is 9.93. The number of fused-ring (bicyclic) bond motifs is 1. The van der Waals surface area contributed by atoms with Crippen molar-refractivity contribution < 1.29 is 37.4 Å². The first kappa shape index (κ1) is 31.0. The Balaban J connectivity index is 1.50. The van der Waals surface area contributed by atoms with Gasteiger partial charge in [0, 0.05) is 0 Å². The van der Waals surface area contributed by atoms with Gasteiger partial charge in [-0.25, -0.2) is 23.4 Å². The number of aryl methyl sites for hydroxylation is 1. The Labute approximate surface area is 238 Å². The van der Waals surface area contributed by atoms with E-state index in [1.165, 1.54) is 30.9 Å². The van der Waals surface area contributed by atoms with Gasteiger partial charge in [0.15, 0.2) is 11.3 Å². The van der Waals surface area contributed by atoms with Gasteiger partial charge in [0.2, 0.25) is 0 Å². The number of rotatable bonds is 13. The van der Waals surface area contributed by atoms with Gasteiger partial charge in [0.25, 0.3) is 0 Å². The average molecular weight is 594 g/mol. The summed E-state index contributed by atoms with van der Waals surface area (Å²) in [6, 6.07) is 7.18. The second kappa shape index (κ2) is 12.9. The van der Waals surface area contributed by atoms with Gasteiger partial charge in [0.1, 0.15) is 36.4 Å². The maximum Gasteiger partial charge on any atom is 0.459 e. The summed E-state index contributed by atoms with van der Waals surface area (Å²) < 4.78 is 53.8. The number of esters is 1. The highest BCUT2D eigenvalue weighted by atomic mass is 31.2. The predicted octanol–water partition coefficient (Wildman–Crippen LogP) is 4.12. The van der Waals surface area contributed by atoms with Gasteiger partial charge < -0.3 is 19.1 Å². The van der Waals surface area contributed by atoms with Crippen molar-refractivity contribution in [3.63, 3.8) is 0 Å². The summed E-state index contributed by atoms with van der Waals surface area (Å²) in [7, 11) is -4.26. The molecule has 224 valence electrons. The third kappa shape index (κ3) is 6.92. The number of hydrogen-bond donors (Lipinski definition) is 2. The molecular formula is C27H37FN5O7P. The van der Waals surface area contributed by atoms with Gasteiger partial charge in [-0.15, -0.1) is 0 Å². The van der Waals surface area contributed by atoms with Crippen LogP contribution < -0.4 is 9.61 Å². The van der Waals surface area contributed by atoms with Crippen molar-refractivity contribution in [2.75, 3.05) is 13.2 Å². The molecular weight excluding hydrogens is 556 g/mol. The Morgan fingerprint density at radius 1 is 1.27 bits per heavy atom. The van der Waals surface area contributed by atoms with Crippen molar-refractivity contribution in [2.45, 2.75) is 77.5 Å². The SMILES string of the molecule is CCC(CC)COC(=O)[C@H](C)NP(=O)(OC[C@H]1O[C@@H](c2cnc3c(C)ncnn23)[C@](C)(F)[C@@H]1O)Oc1ccccc1. The Hall–Kier alpha value is -2.96. The van der Waals surface area contributed by atoms with E-state index in [1.807, 2.05) is 13.8 Å². The highest BCUT2D eigenvalue weighted by Gasteiger charge is 2.56. The zero-order valence-electron chi connectivity index (χ0n) is 23.8. The predicted molar refractivity (Wildman–Crippen MR) is 147 cm³/mol. The molecule has 1 saturated heterocycles. The van der Waals surface area contributed by atoms with Crippen molar-refractivity contribution in [3.05, 3.63) is 54.2 Å². The van der Waals surface area contributed by atoms with Gasteiger partial charge in [-0.2, -0.15) is 10.2 Å². The number of halogens is 1. The molecule has 41 heavy (non-hydrogen) atoms. The molecule has 3 heterocycles. The first-order chi connectivity index (χ1) is 19.5. The Morgan fingerprint density at radius 3 is 2.66 bits per heavy atom. The number of imidazole rings is 1. The van der Waals surface area contributed by atoms with Crippen molar-refractivity contribution in [3.8, 4) is 5.75 Å². The number of nitrogens with one attached hydrogen (secondary N) is 1. The lowest BCUT2D eigenvalue weighted by Crippen LogP contribution is -2.40. The van der Waals surface area contributed by atoms with E-state index in [2.05, 4.69) is 20.2 Å². The lowest BCUT2D eigenvalue weighted by molar-refractivity contribution is -0.146. The lowest BCUT2D eigenvalue weighted by Gasteiger charge is -2.25. The molecule has 0 spiro atoms. The summed E-state index contributed by atoms with van der Waals surface area (Å²) in [5.74, 6) is -0.208. The van der Waals surface area contributed by atoms with Crippen LogP contribution in [-0.4, -0.2) is 67.8 Å². The number of para-hydroxylation sites is 1. The molecule has 1 aromatic carbocycles. The number of nitrogens with zero attached hydrogens (tertiary/aromatic N) is 4. The molecule has 0 radical (unpaired) electrons. The maximum absolute atomic E-state index is 15.9. The largest absolute Gasteiger partial charge is 0.464 e. The van der Waals surface area contributed by atoms with E-state index in [-0.39, 0.29) is 24.0 Å². The summed E-state index contributed by atoms with van der Waals surface area (Å²) >= 11 is 0. The molecule has 14 heteroatoms. The van der Waals surface area contributed by atoms with Gasteiger partial charge in [-0.3, -0.25) is 9.32 Å². The summed E-state index contributed by atoms with van der Waals surface area (Å²) in [6.45, 7) is 8.15. The highest BCUT2D eigenvalue weighted by molar-refractivity contribution is 7.52. The minimum absolute atomic E-state index is 0.210.